The summed E-state index contributed by atoms with van der Waals surface area (Å²) in [4.78, 5) is 35.1. The van der Waals surface area contributed by atoms with Crippen molar-refractivity contribution in [3.8, 4) is 0 Å². The fourth-order valence-corrected chi connectivity index (χ4v) is 10.1. The number of cyclic esters (lactones) is 1. The Morgan fingerprint density at radius 3 is 2.54 bits per heavy atom. The van der Waals surface area contributed by atoms with Crippen LogP contribution in [0.2, 0.25) is 0 Å². The number of fused-ring (bicyclic) bond motifs is 5. The van der Waals surface area contributed by atoms with Crippen molar-refractivity contribution < 1.29 is 54.5 Å². The van der Waals surface area contributed by atoms with Crippen LogP contribution < -0.4 is 5.73 Å². The van der Waals surface area contributed by atoms with E-state index in [1.54, 1.807) is 6.08 Å². The van der Waals surface area contributed by atoms with Crippen LogP contribution in [0.25, 0.3) is 0 Å². The van der Waals surface area contributed by atoms with Crippen LogP contribution in [0.1, 0.15) is 51.9 Å². The third-order valence-corrected chi connectivity index (χ3v) is 12.2. The summed E-state index contributed by atoms with van der Waals surface area (Å²) in [6.45, 7) is 1.27. The lowest BCUT2D eigenvalue weighted by atomic mass is 9.40. The molecule has 4 saturated carbocycles. The van der Waals surface area contributed by atoms with Crippen molar-refractivity contribution in [1.82, 2.24) is 0 Å². The highest BCUT2D eigenvalue weighted by molar-refractivity contribution is 8.00. The molecule has 1 heterocycles. The van der Waals surface area contributed by atoms with Gasteiger partial charge in [0.2, 0.25) is 0 Å². The Hall–Kier alpha value is -1.74. The van der Waals surface area contributed by atoms with Gasteiger partial charge in [0.1, 0.15) is 18.2 Å². The van der Waals surface area contributed by atoms with E-state index in [1.807, 2.05) is 6.92 Å². The number of esters is 2. The number of aliphatic carboxylic acids is 1. The van der Waals surface area contributed by atoms with E-state index in [0.717, 1.165) is 11.8 Å². The predicted octanol–water partition coefficient (Wildman–Crippen LogP) is -0.672. The molecule has 0 aromatic heterocycles. The highest BCUT2D eigenvalue weighted by Gasteiger charge is 2.75. The summed E-state index contributed by atoms with van der Waals surface area (Å²) in [7, 11) is 0. The van der Waals surface area contributed by atoms with E-state index in [1.165, 1.54) is 6.08 Å². The van der Waals surface area contributed by atoms with Crippen LogP contribution in [0.15, 0.2) is 12.2 Å². The first-order valence-electron chi connectivity index (χ1n) is 14.3. The first-order valence-corrected chi connectivity index (χ1v) is 15.4. The van der Waals surface area contributed by atoms with Gasteiger partial charge >= 0.3 is 17.9 Å². The Balaban J connectivity index is 1.35. The lowest BCUT2D eigenvalue weighted by molar-refractivity contribution is -0.319. The lowest BCUT2D eigenvalue weighted by Crippen LogP contribution is -2.76. The summed E-state index contributed by atoms with van der Waals surface area (Å²) in [5, 5.41) is 67.4. The minimum absolute atomic E-state index is 0.0123. The molecule has 0 radical (unpaired) electrons. The van der Waals surface area contributed by atoms with E-state index >= 15 is 0 Å². The monoisotopic (exact) mass is 599 g/mol. The molecule has 5 rings (SSSR count). The molecular formula is C28H41NO11S. The van der Waals surface area contributed by atoms with E-state index < -0.39 is 88.8 Å². The summed E-state index contributed by atoms with van der Waals surface area (Å²) < 4.78 is 11.0. The van der Waals surface area contributed by atoms with Crippen molar-refractivity contribution in [2.45, 2.75) is 93.5 Å². The van der Waals surface area contributed by atoms with Crippen LogP contribution in [0.4, 0.5) is 0 Å². The zero-order valence-electron chi connectivity index (χ0n) is 23.1. The van der Waals surface area contributed by atoms with Gasteiger partial charge in [-0.3, -0.25) is 9.59 Å². The molecular weight excluding hydrogens is 558 g/mol. The number of ether oxygens (including phenoxy) is 2. The molecule has 1 aliphatic heterocycles. The van der Waals surface area contributed by atoms with Crippen LogP contribution in [0.5, 0.6) is 0 Å². The predicted molar refractivity (Wildman–Crippen MR) is 144 cm³/mol. The number of nitrogens with two attached hydrogens (primary N) is 1. The summed E-state index contributed by atoms with van der Waals surface area (Å²) in [5.74, 6) is -3.99. The molecule has 0 amide bonds. The van der Waals surface area contributed by atoms with E-state index in [0.29, 0.717) is 19.3 Å². The van der Waals surface area contributed by atoms with Crippen molar-refractivity contribution in [2.75, 3.05) is 18.1 Å². The minimum atomic E-state index is -1.68. The molecule has 0 saturated heterocycles. The average Bonchev–Trinajstić information content (AvgIpc) is 3.43. The highest BCUT2D eigenvalue weighted by Crippen LogP contribution is 2.70. The van der Waals surface area contributed by atoms with Crippen molar-refractivity contribution in [3.63, 3.8) is 0 Å². The third-order valence-electron chi connectivity index (χ3n) is 11.2. The molecule has 41 heavy (non-hydrogen) atoms. The van der Waals surface area contributed by atoms with Crippen LogP contribution >= 0.6 is 11.8 Å². The third kappa shape index (κ3) is 4.63. The number of carboxylic acids is 1. The molecule has 12 nitrogen and oxygen atoms in total. The lowest BCUT2D eigenvalue weighted by Gasteiger charge is -2.68. The van der Waals surface area contributed by atoms with E-state index in [4.69, 9.17) is 20.3 Å². The summed E-state index contributed by atoms with van der Waals surface area (Å²) >= 11 is 1.01. The number of aliphatic hydroxyl groups excluding tert-OH is 3. The van der Waals surface area contributed by atoms with Gasteiger partial charge in [0.15, 0.2) is 0 Å². The Bertz CT molecular complexity index is 1100. The first-order chi connectivity index (χ1) is 19.2. The van der Waals surface area contributed by atoms with Gasteiger partial charge in [0, 0.05) is 41.9 Å². The van der Waals surface area contributed by atoms with Crippen LogP contribution in [0.3, 0.4) is 0 Å². The highest BCUT2D eigenvalue weighted by atomic mass is 32.2. The van der Waals surface area contributed by atoms with Gasteiger partial charge in [-0.05, 0) is 44.1 Å². The maximum atomic E-state index is 12.5. The summed E-state index contributed by atoms with van der Waals surface area (Å²) in [5.41, 5.74) is 0.125. The molecule has 8 N–H and O–H groups in total. The molecule has 4 fully saturated rings. The second-order valence-corrected chi connectivity index (χ2v) is 14.0. The maximum Gasteiger partial charge on any atom is 0.331 e. The fourth-order valence-electron chi connectivity index (χ4n) is 9.30. The number of thioether (sulfide) groups is 1. The first kappa shape index (κ1) is 30.7. The molecule has 230 valence electrons. The van der Waals surface area contributed by atoms with Gasteiger partial charge in [-0.1, -0.05) is 6.92 Å². The normalized spacial score (nSPS) is 47.6. The van der Waals surface area contributed by atoms with Gasteiger partial charge in [0.05, 0.1) is 41.2 Å². The molecule has 5 aliphatic rings. The van der Waals surface area contributed by atoms with Gasteiger partial charge in [0.25, 0.3) is 0 Å². The van der Waals surface area contributed by atoms with Crippen molar-refractivity contribution in [2.24, 2.45) is 34.3 Å². The summed E-state index contributed by atoms with van der Waals surface area (Å²) in [6, 6.07) is -1.12. The Morgan fingerprint density at radius 1 is 1.20 bits per heavy atom. The molecule has 0 spiro atoms. The number of rotatable bonds is 8. The zero-order chi connectivity index (χ0) is 30.0. The van der Waals surface area contributed by atoms with Crippen LogP contribution in [0, 0.1) is 28.6 Å². The molecule has 0 aromatic rings. The number of aliphatic hydroxyl groups is 5. The Labute approximate surface area is 242 Å². The van der Waals surface area contributed by atoms with Crippen molar-refractivity contribution >= 4 is 29.7 Å². The van der Waals surface area contributed by atoms with Gasteiger partial charge in [-0.15, -0.1) is 11.8 Å². The second kappa shape index (κ2) is 10.8. The summed E-state index contributed by atoms with van der Waals surface area (Å²) in [6.07, 6.45) is 0.661. The standard InChI is InChI=1S/C28H41NO11S/c1-25-10-18(31)23-16(28(25,38)7-5-15(25)19-2-3-21(33)40-19)4-6-26(37)9-14(8-20(32)27(23,26)13-30)39-22(34)12-41-11-17(29)24(35)36/h2-3,14-20,23,30-32,37-38H,4-13,29H2,1H3,(H,35,36)/t14?,15?,16?,17?,18-,19?,20?,23?,25?,26?,27?,28?/m1/s1. The minimum Gasteiger partial charge on any atom is -0.480 e. The molecule has 4 aliphatic carbocycles. The van der Waals surface area contributed by atoms with Crippen LogP contribution in [-0.4, -0.2) is 108 Å². The van der Waals surface area contributed by atoms with Crippen LogP contribution in [-0.2, 0) is 23.9 Å². The largest absolute Gasteiger partial charge is 0.480 e. The smallest absolute Gasteiger partial charge is 0.331 e. The fraction of sp³-hybridized carbons (Fsp3) is 0.821. The number of hydrogen-bond acceptors (Lipinski definition) is 12. The zero-order valence-corrected chi connectivity index (χ0v) is 23.9. The number of hydrogen-bond donors (Lipinski definition) is 7. The molecule has 0 bridgehead atoms. The Morgan fingerprint density at radius 2 is 1.90 bits per heavy atom. The molecule has 13 heteroatoms. The van der Waals surface area contributed by atoms with E-state index in [2.05, 4.69) is 0 Å². The van der Waals surface area contributed by atoms with Crippen molar-refractivity contribution in [1.29, 1.82) is 0 Å². The SMILES string of the molecule is CC12C[C@@H](O)C3C(CCC4(O)CC(OC(=O)CSCC(N)C(=O)O)CC(O)C34CO)C1(O)CCC2C1C=CC(=O)O1. The van der Waals surface area contributed by atoms with E-state index in [9.17, 15) is 39.9 Å². The molecule has 11 unspecified atom stereocenters. The number of carboxylic acid groups (broad SMARTS) is 1. The van der Waals surface area contributed by atoms with Crippen molar-refractivity contribution in [3.05, 3.63) is 12.2 Å². The van der Waals surface area contributed by atoms with Gasteiger partial charge in [-0.25, -0.2) is 4.79 Å². The quantitative estimate of drug-likeness (QED) is 0.172. The van der Waals surface area contributed by atoms with E-state index in [-0.39, 0.29) is 43.1 Å². The average molecular weight is 600 g/mol. The van der Waals surface area contributed by atoms with Gasteiger partial charge < -0.3 is 45.8 Å². The molecule has 12 atom stereocenters. The maximum absolute atomic E-state index is 12.5. The van der Waals surface area contributed by atoms with Gasteiger partial charge in [-0.2, -0.15) is 0 Å². The number of carbonyl (C=O) groups is 3. The molecule has 0 aromatic carbocycles. The second-order valence-electron chi connectivity index (χ2n) is 12.9. The Kier molecular flexibility index (Phi) is 8.06. The number of carbonyl (C=O) groups excluding carboxylic acids is 2. The topological polar surface area (TPSA) is 217 Å².